The van der Waals surface area contributed by atoms with E-state index in [1.807, 2.05) is 11.7 Å². The molecule has 114 valence electrons. The van der Waals surface area contributed by atoms with Crippen molar-refractivity contribution in [2.24, 2.45) is 12.5 Å². The molecule has 0 bridgehead atoms. The molecule has 1 atom stereocenters. The molecule has 0 aromatic carbocycles. The molecule has 1 aromatic heterocycles. The van der Waals surface area contributed by atoms with Gasteiger partial charge in [0.2, 0.25) is 0 Å². The Hall–Kier alpha value is -0.720. The van der Waals surface area contributed by atoms with Gasteiger partial charge in [-0.2, -0.15) is 5.10 Å². The zero-order chi connectivity index (χ0) is 14.8. The minimum atomic E-state index is -0.0688. The van der Waals surface area contributed by atoms with Crippen molar-refractivity contribution in [1.82, 2.24) is 19.2 Å². The molecule has 1 unspecified atom stereocenters. The molecule has 5 nitrogen and oxygen atoms in total. The van der Waals surface area contributed by atoms with E-state index in [1.54, 1.807) is 4.57 Å². The van der Waals surface area contributed by atoms with E-state index in [4.69, 9.17) is 12.2 Å². The van der Waals surface area contributed by atoms with E-state index in [2.05, 4.69) is 23.8 Å². The summed E-state index contributed by atoms with van der Waals surface area (Å²) in [5, 5.41) is 13.7. The summed E-state index contributed by atoms with van der Waals surface area (Å²) in [6.45, 7) is 7.51. The highest BCUT2D eigenvalue weighted by Gasteiger charge is 2.30. The summed E-state index contributed by atoms with van der Waals surface area (Å²) < 4.78 is 4.29. The molecule has 1 fully saturated rings. The molecule has 1 aliphatic heterocycles. The Morgan fingerprint density at radius 2 is 2.20 bits per heavy atom. The fourth-order valence-electron chi connectivity index (χ4n) is 3.31. The third-order valence-corrected chi connectivity index (χ3v) is 4.80. The number of aliphatic hydroxyl groups is 1. The monoisotopic (exact) mass is 298 g/mol. The summed E-state index contributed by atoms with van der Waals surface area (Å²) in [6, 6.07) is 0. The average molecular weight is 298 g/mol. The second-order valence-corrected chi connectivity index (χ2v) is 6.64. The fraction of sp³-hybridized carbons (Fsp3) is 0.857. The maximum atomic E-state index is 9.26. The predicted molar refractivity (Wildman–Crippen MR) is 81.8 cm³/mol. The van der Waals surface area contributed by atoms with Gasteiger partial charge in [0.05, 0.1) is 6.67 Å². The van der Waals surface area contributed by atoms with E-state index in [9.17, 15) is 5.11 Å². The van der Waals surface area contributed by atoms with Gasteiger partial charge in [-0.25, -0.2) is 4.68 Å². The van der Waals surface area contributed by atoms with Gasteiger partial charge in [-0.1, -0.05) is 20.3 Å². The lowest BCUT2D eigenvalue weighted by Crippen LogP contribution is -2.42. The predicted octanol–water partition coefficient (Wildman–Crippen LogP) is 2.30. The lowest BCUT2D eigenvalue weighted by Gasteiger charge is -2.40. The van der Waals surface area contributed by atoms with Crippen LogP contribution in [-0.2, 0) is 20.3 Å². The van der Waals surface area contributed by atoms with E-state index < -0.39 is 0 Å². The van der Waals surface area contributed by atoms with Crippen LogP contribution in [0.15, 0.2) is 0 Å². The molecule has 0 aliphatic carbocycles. The van der Waals surface area contributed by atoms with Crippen LogP contribution in [0.5, 0.6) is 0 Å². The van der Waals surface area contributed by atoms with Crippen molar-refractivity contribution in [3.8, 4) is 0 Å². The second-order valence-electron chi connectivity index (χ2n) is 6.27. The number of aromatic nitrogens is 3. The summed E-state index contributed by atoms with van der Waals surface area (Å²) in [5.41, 5.74) is 0.420. The largest absolute Gasteiger partial charge is 0.388 e. The van der Waals surface area contributed by atoms with Gasteiger partial charge in [0.15, 0.2) is 10.6 Å². The van der Waals surface area contributed by atoms with Gasteiger partial charge < -0.3 is 9.67 Å². The standard InChI is InChI=1S/C14H26N4OS/c1-4-6-14(2)7-5-8-17(10-14)11-18-13(20)16(3)12(9-19)15-18/h19H,4-11H2,1-3H3. The number of aliphatic hydroxyl groups excluding tert-OH is 1. The molecular weight excluding hydrogens is 272 g/mol. The molecule has 0 spiro atoms. The minimum Gasteiger partial charge on any atom is -0.388 e. The molecule has 6 heteroatoms. The third-order valence-electron chi connectivity index (χ3n) is 4.32. The van der Waals surface area contributed by atoms with Crippen LogP contribution in [0.1, 0.15) is 45.4 Å². The molecule has 0 amide bonds. The van der Waals surface area contributed by atoms with E-state index in [0.29, 0.717) is 16.0 Å². The highest BCUT2D eigenvalue weighted by atomic mass is 32.1. The first-order chi connectivity index (χ1) is 9.49. The van der Waals surface area contributed by atoms with Crippen LogP contribution in [0.4, 0.5) is 0 Å². The maximum Gasteiger partial charge on any atom is 0.198 e. The van der Waals surface area contributed by atoms with Crippen LogP contribution in [0.25, 0.3) is 0 Å². The van der Waals surface area contributed by atoms with Crippen LogP contribution >= 0.6 is 12.2 Å². The molecule has 2 heterocycles. The number of rotatable bonds is 5. The van der Waals surface area contributed by atoms with Crippen molar-refractivity contribution < 1.29 is 5.11 Å². The number of hydrogen-bond donors (Lipinski definition) is 1. The van der Waals surface area contributed by atoms with Crippen LogP contribution in [-0.4, -0.2) is 37.4 Å². The van der Waals surface area contributed by atoms with Crippen LogP contribution < -0.4 is 0 Å². The van der Waals surface area contributed by atoms with Crippen LogP contribution in [0.2, 0.25) is 0 Å². The summed E-state index contributed by atoms with van der Waals surface area (Å²) in [4.78, 5) is 2.43. The zero-order valence-corrected chi connectivity index (χ0v) is 13.6. The molecular formula is C14H26N4OS. The average Bonchev–Trinajstić information content (AvgIpc) is 2.67. The number of piperidine rings is 1. The highest BCUT2D eigenvalue weighted by Crippen LogP contribution is 2.34. The van der Waals surface area contributed by atoms with E-state index in [0.717, 1.165) is 19.8 Å². The Bertz CT molecular complexity index is 506. The Morgan fingerprint density at radius 3 is 2.80 bits per heavy atom. The van der Waals surface area contributed by atoms with Gasteiger partial charge in [0.1, 0.15) is 6.61 Å². The van der Waals surface area contributed by atoms with Gasteiger partial charge in [0.25, 0.3) is 0 Å². The summed E-state index contributed by atoms with van der Waals surface area (Å²) in [7, 11) is 1.86. The highest BCUT2D eigenvalue weighted by molar-refractivity contribution is 7.71. The second kappa shape index (κ2) is 6.37. The molecule has 20 heavy (non-hydrogen) atoms. The lowest BCUT2D eigenvalue weighted by molar-refractivity contribution is 0.0664. The third kappa shape index (κ3) is 3.30. The van der Waals surface area contributed by atoms with Gasteiger partial charge in [0, 0.05) is 13.6 Å². The minimum absolute atomic E-state index is 0.0688. The van der Waals surface area contributed by atoms with Crippen molar-refractivity contribution in [2.75, 3.05) is 13.1 Å². The van der Waals surface area contributed by atoms with Crippen molar-refractivity contribution in [3.63, 3.8) is 0 Å². The smallest absolute Gasteiger partial charge is 0.198 e. The van der Waals surface area contributed by atoms with Crippen LogP contribution in [0.3, 0.4) is 0 Å². The molecule has 1 N–H and O–H groups in total. The van der Waals surface area contributed by atoms with Crippen molar-refractivity contribution in [2.45, 2.75) is 52.8 Å². The number of likely N-dealkylation sites (tertiary alicyclic amines) is 1. The molecule has 2 rings (SSSR count). The molecule has 0 radical (unpaired) electrons. The van der Waals surface area contributed by atoms with Crippen LogP contribution in [0, 0.1) is 10.2 Å². The molecule has 1 aromatic rings. The SMILES string of the molecule is CCCC1(C)CCCN(Cn2nc(CO)n(C)c2=S)C1. The first-order valence-corrected chi connectivity index (χ1v) is 7.86. The van der Waals surface area contributed by atoms with Crippen molar-refractivity contribution >= 4 is 12.2 Å². The van der Waals surface area contributed by atoms with Crippen molar-refractivity contribution in [1.29, 1.82) is 0 Å². The molecule has 0 saturated carbocycles. The first kappa shape index (κ1) is 15.7. The van der Waals surface area contributed by atoms with Gasteiger partial charge in [-0.3, -0.25) is 4.90 Å². The van der Waals surface area contributed by atoms with Gasteiger partial charge >= 0.3 is 0 Å². The molecule has 1 aliphatic rings. The summed E-state index contributed by atoms with van der Waals surface area (Å²) in [5.74, 6) is 0.628. The number of nitrogens with zero attached hydrogens (tertiary/aromatic N) is 4. The Balaban J connectivity index is 2.08. The first-order valence-electron chi connectivity index (χ1n) is 7.45. The normalized spacial score (nSPS) is 24.2. The zero-order valence-electron chi connectivity index (χ0n) is 12.8. The summed E-state index contributed by atoms with van der Waals surface area (Å²) in [6.07, 6.45) is 5.07. The van der Waals surface area contributed by atoms with Gasteiger partial charge in [-0.15, -0.1) is 0 Å². The summed E-state index contributed by atoms with van der Waals surface area (Å²) >= 11 is 5.38. The number of hydrogen-bond acceptors (Lipinski definition) is 4. The molecule has 1 saturated heterocycles. The van der Waals surface area contributed by atoms with Crippen molar-refractivity contribution in [3.05, 3.63) is 10.6 Å². The topological polar surface area (TPSA) is 46.2 Å². The van der Waals surface area contributed by atoms with E-state index in [1.165, 1.54) is 25.7 Å². The quantitative estimate of drug-likeness (QED) is 0.847. The maximum absolute atomic E-state index is 9.26. The van der Waals surface area contributed by atoms with E-state index in [-0.39, 0.29) is 6.61 Å². The lowest BCUT2D eigenvalue weighted by atomic mass is 9.78. The Kier molecular flexibility index (Phi) is 4.99. The Morgan fingerprint density at radius 1 is 1.45 bits per heavy atom. The van der Waals surface area contributed by atoms with E-state index >= 15 is 0 Å². The van der Waals surface area contributed by atoms with Gasteiger partial charge in [-0.05, 0) is 43.4 Å². The Labute approximate surface area is 126 Å². The fourth-order valence-corrected chi connectivity index (χ4v) is 3.51.